The predicted octanol–water partition coefficient (Wildman–Crippen LogP) is 2.25. The molecular weight excluding hydrogens is 284 g/mol. The Morgan fingerprint density at radius 2 is 1.75 bits per heavy atom. The average Bonchev–Trinajstić information content (AvgIpc) is 2.50. The fraction of sp³-hybridized carbons (Fsp3) is 0.500. The van der Waals surface area contributed by atoms with Crippen molar-refractivity contribution in [3.63, 3.8) is 0 Å². The molecule has 6 nitrogen and oxygen atoms in total. The average molecular weight is 300 g/mol. The summed E-state index contributed by atoms with van der Waals surface area (Å²) in [6.07, 6.45) is 0. The van der Waals surface area contributed by atoms with Crippen LogP contribution in [0.3, 0.4) is 0 Å². The number of hydrogen-bond donors (Lipinski definition) is 1. The quantitative estimate of drug-likeness (QED) is 0.514. The van der Waals surface area contributed by atoms with Gasteiger partial charge in [-0.3, -0.25) is 10.1 Å². The smallest absolute Gasteiger partial charge is 0.498 e. The molecule has 1 aromatic rings. The first kappa shape index (κ1) is 15.1. The van der Waals surface area contributed by atoms with Crippen LogP contribution in [-0.4, -0.2) is 28.4 Å². The topological polar surface area (TPSA) is 81.8 Å². The molecular formula is C12H15BClNO5. The molecule has 0 saturated carbocycles. The molecule has 0 aromatic heterocycles. The largest absolute Gasteiger partial charge is 0.502 e. The zero-order valence-electron chi connectivity index (χ0n) is 11.6. The standard InChI is InChI=1S/C12H15BClNO5/c1-11(2)12(3,4)20-13(19-11)8-5-7(14)6-9(10(8)16)15(17)18/h5-6,16H,1-4H3. The molecule has 8 heteroatoms. The van der Waals surface area contributed by atoms with Crippen molar-refractivity contribution < 1.29 is 19.3 Å². The van der Waals surface area contributed by atoms with Gasteiger partial charge in [0.1, 0.15) is 0 Å². The van der Waals surface area contributed by atoms with Crippen LogP contribution < -0.4 is 5.46 Å². The lowest BCUT2D eigenvalue weighted by atomic mass is 9.78. The molecule has 0 radical (unpaired) electrons. The van der Waals surface area contributed by atoms with E-state index in [4.69, 9.17) is 20.9 Å². The third-order valence-corrected chi connectivity index (χ3v) is 4.01. The lowest BCUT2D eigenvalue weighted by Gasteiger charge is -2.32. The van der Waals surface area contributed by atoms with Crippen molar-refractivity contribution in [1.29, 1.82) is 0 Å². The van der Waals surface area contributed by atoms with E-state index in [0.717, 1.165) is 6.07 Å². The first-order valence-corrected chi connectivity index (χ1v) is 6.45. The summed E-state index contributed by atoms with van der Waals surface area (Å²) < 4.78 is 11.5. The minimum Gasteiger partial charge on any atom is -0.502 e. The van der Waals surface area contributed by atoms with E-state index in [2.05, 4.69) is 0 Å². The third-order valence-electron chi connectivity index (χ3n) is 3.79. The monoisotopic (exact) mass is 299 g/mol. The zero-order valence-corrected chi connectivity index (χ0v) is 12.4. The van der Waals surface area contributed by atoms with E-state index in [0.29, 0.717) is 0 Å². The number of aromatic hydroxyl groups is 1. The van der Waals surface area contributed by atoms with Crippen molar-refractivity contribution in [2.45, 2.75) is 38.9 Å². The van der Waals surface area contributed by atoms with Gasteiger partial charge in [-0.25, -0.2) is 0 Å². The first-order chi connectivity index (χ1) is 9.05. The summed E-state index contributed by atoms with van der Waals surface area (Å²) in [6.45, 7) is 7.40. The molecule has 1 aliphatic heterocycles. The van der Waals surface area contributed by atoms with Gasteiger partial charge >= 0.3 is 12.8 Å². The summed E-state index contributed by atoms with van der Waals surface area (Å²) in [5.74, 6) is -0.488. The maximum absolute atomic E-state index is 10.9. The molecule has 1 aromatic carbocycles. The van der Waals surface area contributed by atoms with Crippen LogP contribution in [0, 0.1) is 10.1 Å². The molecule has 0 bridgehead atoms. The highest BCUT2D eigenvalue weighted by Gasteiger charge is 2.53. The van der Waals surface area contributed by atoms with Gasteiger partial charge in [-0.15, -0.1) is 0 Å². The Hall–Kier alpha value is -1.31. The maximum Gasteiger partial charge on any atom is 0.498 e. The van der Waals surface area contributed by atoms with E-state index in [-0.39, 0.29) is 10.5 Å². The van der Waals surface area contributed by atoms with Gasteiger partial charge in [-0.2, -0.15) is 0 Å². The Kier molecular flexibility index (Phi) is 3.48. The van der Waals surface area contributed by atoms with Crippen molar-refractivity contribution in [3.8, 4) is 5.75 Å². The number of hydrogen-bond acceptors (Lipinski definition) is 5. The lowest BCUT2D eigenvalue weighted by molar-refractivity contribution is -0.385. The van der Waals surface area contributed by atoms with Crippen molar-refractivity contribution in [2.24, 2.45) is 0 Å². The van der Waals surface area contributed by atoms with Crippen LogP contribution in [0.1, 0.15) is 27.7 Å². The Morgan fingerprint density at radius 3 is 2.20 bits per heavy atom. The molecule has 20 heavy (non-hydrogen) atoms. The van der Waals surface area contributed by atoms with Crippen LogP contribution in [0.5, 0.6) is 5.75 Å². The number of rotatable bonds is 2. The number of nitrogens with zero attached hydrogens (tertiary/aromatic N) is 1. The molecule has 1 N–H and O–H groups in total. The van der Waals surface area contributed by atoms with Crippen LogP contribution >= 0.6 is 11.6 Å². The number of nitro groups is 1. The SMILES string of the molecule is CC1(C)OB(c2cc(Cl)cc([N+](=O)[O-])c2O)OC1(C)C. The normalized spacial score (nSPS) is 20.1. The lowest BCUT2D eigenvalue weighted by Crippen LogP contribution is -2.41. The second-order valence-electron chi connectivity index (χ2n) is 5.71. The minimum atomic E-state index is -0.905. The Balaban J connectivity index is 2.48. The second-order valence-corrected chi connectivity index (χ2v) is 6.14. The van der Waals surface area contributed by atoms with Crippen LogP contribution in [0.4, 0.5) is 5.69 Å². The van der Waals surface area contributed by atoms with E-state index in [9.17, 15) is 15.2 Å². The summed E-state index contributed by atoms with van der Waals surface area (Å²) in [5.41, 5.74) is -1.53. The highest BCUT2D eigenvalue weighted by Crippen LogP contribution is 2.38. The molecule has 0 amide bonds. The summed E-state index contributed by atoms with van der Waals surface area (Å²) >= 11 is 5.86. The molecule has 108 valence electrons. The van der Waals surface area contributed by atoms with E-state index in [1.807, 2.05) is 27.7 Å². The number of nitro benzene ring substituents is 1. The Morgan fingerprint density at radius 1 is 1.25 bits per heavy atom. The second kappa shape index (κ2) is 4.61. The molecule has 0 aliphatic carbocycles. The van der Waals surface area contributed by atoms with E-state index < -0.39 is 34.7 Å². The van der Waals surface area contributed by atoms with E-state index >= 15 is 0 Å². The van der Waals surface area contributed by atoms with Crippen LogP contribution in [-0.2, 0) is 9.31 Å². The molecule has 0 spiro atoms. The van der Waals surface area contributed by atoms with Gasteiger partial charge in [-0.05, 0) is 33.8 Å². The molecule has 0 atom stereocenters. The predicted molar refractivity (Wildman–Crippen MR) is 75.5 cm³/mol. The van der Waals surface area contributed by atoms with Crippen molar-refractivity contribution in [2.75, 3.05) is 0 Å². The van der Waals surface area contributed by atoms with Gasteiger partial charge in [-0.1, -0.05) is 11.6 Å². The highest BCUT2D eigenvalue weighted by molar-refractivity contribution is 6.63. The molecule has 1 heterocycles. The van der Waals surface area contributed by atoms with Gasteiger partial charge in [0.05, 0.1) is 16.1 Å². The van der Waals surface area contributed by atoms with Crippen molar-refractivity contribution >= 4 is 29.9 Å². The summed E-state index contributed by atoms with van der Waals surface area (Å²) in [4.78, 5) is 10.2. The van der Waals surface area contributed by atoms with Gasteiger partial charge in [0.15, 0.2) is 5.75 Å². The number of phenols is 1. The van der Waals surface area contributed by atoms with Gasteiger partial charge in [0, 0.05) is 16.6 Å². The zero-order chi connectivity index (χ0) is 15.3. The van der Waals surface area contributed by atoms with E-state index in [1.54, 1.807) is 0 Å². The van der Waals surface area contributed by atoms with Crippen molar-refractivity contribution in [1.82, 2.24) is 0 Å². The summed E-state index contributed by atoms with van der Waals surface area (Å²) in [5, 5.41) is 21.1. The fourth-order valence-electron chi connectivity index (χ4n) is 1.89. The molecule has 1 fully saturated rings. The number of phenolic OH excluding ortho intramolecular Hbond substituents is 1. The van der Waals surface area contributed by atoms with Gasteiger partial charge in [0.2, 0.25) is 0 Å². The Bertz CT molecular complexity index is 559. The fourth-order valence-corrected chi connectivity index (χ4v) is 2.12. The molecule has 1 aliphatic rings. The highest BCUT2D eigenvalue weighted by atomic mass is 35.5. The minimum absolute atomic E-state index is 0.138. The number of benzene rings is 1. The number of halogens is 1. The third kappa shape index (κ3) is 2.37. The summed E-state index contributed by atoms with van der Waals surface area (Å²) in [6, 6.07) is 2.50. The molecule has 0 unspecified atom stereocenters. The van der Waals surface area contributed by atoms with Gasteiger partial charge < -0.3 is 14.4 Å². The molecule has 2 rings (SSSR count). The van der Waals surface area contributed by atoms with Gasteiger partial charge in [0.25, 0.3) is 0 Å². The van der Waals surface area contributed by atoms with Crippen LogP contribution in [0.25, 0.3) is 0 Å². The van der Waals surface area contributed by atoms with Crippen LogP contribution in [0.2, 0.25) is 5.02 Å². The Labute approximate surface area is 121 Å². The maximum atomic E-state index is 10.9. The molecule has 1 saturated heterocycles. The van der Waals surface area contributed by atoms with E-state index in [1.165, 1.54) is 6.07 Å². The van der Waals surface area contributed by atoms with Crippen LogP contribution in [0.15, 0.2) is 12.1 Å². The first-order valence-electron chi connectivity index (χ1n) is 6.07. The van der Waals surface area contributed by atoms with Crippen molar-refractivity contribution in [3.05, 3.63) is 27.3 Å². The summed E-state index contributed by atoms with van der Waals surface area (Å²) in [7, 11) is -0.905.